The summed E-state index contributed by atoms with van der Waals surface area (Å²) in [4.78, 5) is 10.7. The zero-order chi connectivity index (χ0) is 11.3. The average Bonchev–Trinajstić information content (AvgIpc) is 2.16. The summed E-state index contributed by atoms with van der Waals surface area (Å²) < 4.78 is 4.91. The van der Waals surface area contributed by atoms with E-state index in [-0.39, 0.29) is 12.1 Å². The van der Waals surface area contributed by atoms with Gasteiger partial charge in [0.1, 0.15) is 5.75 Å². The molecule has 0 saturated carbocycles. The molecule has 0 saturated heterocycles. The van der Waals surface area contributed by atoms with Crippen molar-refractivity contribution in [1.29, 1.82) is 0 Å². The normalized spacial score (nSPS) is 12.2. The number of rotatable bonds is 4. The summed E-state index contributed by atoms with van der Waals surface area (Å²) >= 11 is 0. The summed E-state index contributed by atoms with van der Waals surface area (Å²) in [6.45, 7) is 3.15. The van der Waals surface area contributed by atoms with Crippen molar-refractivity contribution in [3.05, 3.63) is 29.8 Å². The van der Waals surface area contributed by atoms with Gasteiger partial charge in [0.15, 0.2) is 0 Å². The Morgan fingerprint density at radius 1 is 1.40 bits per heavy atom. The summed E-state index contributed by atoms with van der Waals surface area (Å²) in [6, 6.07) is 7.33. The molecule has 0 amide bonds. The highest BCUT2D eigenvalue weighted by molar-refractivity contribution is 5.69. The molecule has 1 rings (SSSR count). The number of carbonyl (C=O) groups is 1. The number of aliphatic hydroxyl groups excluding tert-OH is 1. The van der Waals surface area contributed by atoms with Gasteiger partial charge in [-0.1, -0.05) is 12.1 Å². The molecule has 0 aliphatic carbocycles. The predicted octanol–water partition coefficient (Wildman–Crippen LogP) is 1.93. The lowest BCUT2D eigenvalue weighted by Crippen LogP contribution is -2.02. The SMILES string of the molecule is CC(=O)Oc1ccc(CCC(C)O)cc1. The molecule has 3 nitrogen and oxygen atoms in total. The van der Waals surface area contributed by atoms with Crippen LogP contribution >= 0.6 is 0 Å². The Balaban J connectivity index is 2.52. The van der Waals surface area contributed by atoms with Crippen LogP contribution in [0.4, 0.5) is 0 Å². The molecule has 0 spiro atoms. The molecule has 1 aromatic rings. The van der Waals surface area contributed by atoms with E-state index in [1.165, 1.54) is 6.92 Å². The highest BCUT2D eigenvalue weighted by Gasteiger charge is 2.00. The van der Waals surface area contributed by atoms with Crippen LogP contribution in [0.2, 0.25) is 0 Å². The van der Waals surface area contributed by atoms with Crippen LogP contribution < -0.4 is 4.74 Å². The molecule has 0 heterocycles. The van der Waals surface area contributed by atoms with Crippen molar-refractivity contribution in [1.82, 2.24) is 0 Å². The molecule has 82 valence electrons. The molecule has 0 aliphatic rings. The van der Waals surface area contributed by atoms with Gasteiger partial charge in [-0.05, 0) is 37.5 Å². The summed E-state index contributed by atoms with van der Waals surface area (Å²) in [5.74, 6) is 0.245. The number of benzene rings is 1. The van der Waals surface area contributed by atoms with Crippen molar-refractivity contribution in [3.63, 3.8) is 0 Å². The van der Waals surface area contributed by atoms with Crippen LogP contribution in [0, 0.1) is 0 Å². The first-order valence-corrected chi connectivity index (χ1v) is 5.03. The van der Waals surface area contributed by atoms with E-state index < -0.39 is 0 Å². The quantitative estimate of drug-likeness (QED) is 0.607. The zero-order valence-corrected chi connectivity index (χ0v) is 9.06. The van der Waals surface area contributed by atoms with Gasteiger partial charge in [-0.3, -0.25) is 4.79 Å². The number of hydrogen-bond donors (Lipinski definition) is 1. The monoisotopic (exact) mass is 208 g/mol. The minimum absolute atomic E-state index is 0.279. The number of esters is 1. The summed E-state index contributed by atoms with van der Waals surface area (Å²) in [6.07, 6.45) is 1.29. The van der Waals surface area contributed by atoms with E-state index in [0.717, 1.165) is 18.4 Å². The number of hydrogen-bond acceptors (Lipinski definition) is 3. The van der Waals surface area contributed by atoms with Gasteiger partial charge in [-0.2, -0.15) is 0 Å². The standard InChI is InChI=1S/C12H16O3/c1-9(13)3-4-11-5-7-12(8-6-11)15-10(2)14/h5-9,13H,3-4H2,1-2H3. The molecule has 0 radical (unpaired) electrons. The van der Waals surface area contributed by atoms with Crippen molar-refractivity contribution < 1.29 is 14.6 Å². The van der Waals surface area contributed by atoms with E-state index in [1.807, 2.05) is 12.1 Å². The molecular weight excluding hydrogens is 192 g/mol. The fourth-order valence-corrected chi connectivity index (χ4v) is 1.27. The second kappa shape index (κ2) is 5.51. The number of ether oxygens (including phenoxy) is 1. The molecular formula is C12H16O3. The molecule has 1 N–H and O–H groups in total. The van der Waals surface area contributed by atoms with Crippen LogP contribution in [0.1, 0.15) is 25.8 Å². The molecule has 0 fully saturated rings. The topological polar surface area (TPSA) is 46.5 Å². The van der Waals surface area contributed by atoms with Crippen molar-refractivity contribution in [3.8, 4) is 5.75 Å². The zero-order valence-electron chi connectivity index (χ0n) is 9.06. The fraction of sp³-hybridized carbons (Fsp3) is 0.417. The number of aliphatic hydroxyl groups is 1. The van der Waals surface area contributed by atoms with E-state index in [1.54, 1.807) is 19.1 Å². The Morgan fingerprint density at radius 2 is 2.00 bits per heavy atom. The minimum Gasteiger partial charge on any atom is -0.427 e. The molecule has 3 heteroatoms. The largest absolute Gasteiger partial charge is 0.427 e. The van der Waals surface area contributed by atoms with Crippen LogP contribution in [-0.2, 0) is 11.2 Å². The van der Waals surface area contributed by atoms with Crippen LogP contribution in [0.25, 0.3) is 0 Å². The summed E-state index contributed by atoms with van der Waals surface area (Å²) in [5, 5.41) is 9.12. The maximum Gasteiger partial charge on any atom is 0.308 e. The highest BCUT2D eigenvalue weighted by atomic mass is 16.5. The van der Waals surface area contributed by atoms with Gasteiger partial charge < -0.3 is 9.84 Å². The first-order valence-electron chi connectivity index (χ1n) is 5.03. The first-order chi connectivity index (χ1) is 7.08. The number of carbonyl (C=O) groups excluding carboxylic acids is 1. The van der Waals surface area contributed by atoms with Gasteiger partial charge in [0.2, 0.25) is 0 Å². The van der Waals surface area contributed by atoms with Crippen LogP contribution in [0.15, 0.2) is 24.3 Å². The van der Waals surface area contributed by atoms with Crippen molar-refractivity contribution in [2.24, 2.45) is 0 Å². The van der Waals surface area contributed by atoms with Crippen LogP contribution in [0.5, 0.6) is 5.75 Å². The minimum atomic E-state index is -0.313. The highest BCUT2D eigenvalue weighted by Crippen LogP contribution is 2.14. The number of aryl methyl sites for hydroxylation is 1. The summed E-state index contributed by atoms with van der Waals surface area (Å²) in [5.41, 5.74) is 1.13. The van der Waals surface area contributed by atoms with Gasteiger partial charge in [-0.25, -0.2) is 0 Å². The Morgan fingerprint density at radius 3 is 2.47 bits per heavy atom. The Labute approximate surface area is 89.7 Å². The average molecular weight is 208 g/mol. The van der Waals surface area contributed by atoms with E-state index >= 15 is 0 Å². The van der Waals surface area contributed by atoms with Gasteiger partial charge >= 0.3 is 5.97 Å². The molecule has 0 aliphatic heterocycles. The lowest BCUT2D eigenvalue weighted by atomic mass is 10.1. The molecule has 1 atom stereocenters. The third kappa shape index (κ3) is 4.61. The van der Waals surface area contributed by atoms with Crippen molar-refractivity contribution in [2.45, 2.75) is 32.8 Å². The van der Waals surface area contributed by atoms with Crippen LogP contribution in [-0.4, -0.2) is 17.2 Å². The maximum atomic E-state index is 10.7. The second-order valence-electron chi connectivity index (χ2n) is 3.63. The molecule has 1 aromatic carbocycles. The van der Waals surface area contributed by atoms with Gasteiger partial charge in [0, 0.05) is 6.92 Å². The van der Waals surface area contributed by atoms with Gasteiger partial charge in [0.25, 0.3) is 0 Å². The smallest absolute Gasteiger partial charge is 0.308 e. The Kier molecular flexibility index (Phi) is 4.31. The lowest BCUT2D eigenvalue weighted by Gasteiger charge is -2.05. The third-order valence-electron chi connectivity index (χ3n) is 2.04. The second-order valence-corrected chi connectivity index (χ2v) is 3.63. The fourth-order valence-electron chi connectivity index (χ4n) is 1.27. The van der Waals surface area contributed by atoms with Crippen molar-refractivity contribution in [2.75, 3.05) is 0 Å². The van der Waals surface area contributed by atoms with Crippen LogP contribution in [0.3, 0.4) is 0 Å². The predicted molar refractivity (Wildman–Crippen MR) is 57.8 cm³/mol. The van der Waals surface area contributed by atoms with E-state index in [0.29, 0.717) is 5.75 Å². The Hall–Kier alpha value is -1.35. The molecule has 1 unspecified atom stereocenters. The van der Waals surface area contributed by atoms with E-state index in [9.17, 15) is 4.79 Å². The van der Waals surface area contributed by atoms with E-state index in [4.69, 9.17) is 9.84 Å². The van der Waals surface area contributed by atoms with Crippen molar-refractivity contribution >= 4 is 5.97 Å². The lowest BCUT2D eigenvalue weighted by molar-refractivity contribution is -0.131. The maximum absolute atomic E-state index is 10.7. The third-order valence-corrected chi connectivity index (χ3v) is 2.04. The summed E-state index contributed by atoms with van der Waals surface area (Å²) in [7, 11) is 0. The van der Waals surface area contributed by atoms with Gasteiger partial charge in [0.05, 0.1) is 6.10 Å². The molecule has 0 bridgehead atoms. The van der Waals surface area contributed by atoms with Gasteiger partial charge in [-0.15, -0.1) is 0 Å². The molecule has 15 heavy (non-hydrogen) atoms. The molecule has 0 aromatic heterocycles. The first kappa shape index (κ1) is 11.7. The van der Waals surface area contributed by atoms with E-state index in [2.05, 4.69) is 0 Å². The Bertz CT molecular complexity index is 314.